The Kier molecular flexibility index (Phi) is 5.57. The number of hydrazine groups is 1. The molecule has 0 saturated carbocycles. The predicted octanol–water partition coefficient (Wildman–Crippen LogP) is 3.81. The van der Waals surface area contributed by atoms with Crippen LogP contribution in [0.15, 0.2) is 60.7 Å². The maximum absolute atomic E-state index is 13.2. The van der Waals surface area contributed by atoms with Gasteiger partial charge >= 0.3 is 5.97 Å². The van der Waals surface area contributed by atoms with E-state index in [1.165, 1.54) is 0 Å². The van der Waals surface area contributed by atoms with Crippen LogP contribution in [-0.2, 0) is 20.9 Å². The largest absolute Gasteiger partial charge is 0.459 e. The zero-order valence-corrected chi connectivity index (χ0v) is 16.9. The molecule has 2 aromatic rings. The monoisotopic (exact) mass is 380 g/mol. The molecule has 1 saturated heterocycles. The fraction of sp³-hybridized carbons (Fsp3) is 0.391. The first-order valence-electron chi connectivity index (χ1n) is 9.59. The number of carbonyl (C=O) groups is 2. The molecule has 28 heavy (non-hydrogen) atoms. The lowest BCUT2D eigenvalue weighted by Gasteiger charge is -2.46. The van der Waals surface area contributed by atoms with Crippen LogP contribution in [0.25, 0.3) is 0 Å². The summed E-state index contributed by atoms with van der Waals surface area (Å²) in [7, 11) is 0. The second-order valence-electron chi connectivity index (χ2n) is 8.45. The van der Waals surface area contributed by atoms with Crippen molar-refractivity contribution in [1.29, 1.82) is 0 Å². The molecule has 1 heterocycles. The van der Waals surface area contributed by atoms with Crippen molar-refractivity contribution in [2.45, 2.75) is 57.7 Å². The van der Waals surface area contributed by atoms with E-state index in [2.05, 4.69) is 5.43 Å². The fourth-order valence-corrected chi connectivity index (χ4v) is 3.51. The lowest BCUT2D eigenvalue weighted by Crippen LogP contribution is -2.66. The summed E-state index contributed by atoms with van der Waals surface area (Å²) >= 11 is 0. The highest BCUT2D eigenvalue weighted by molar-refractivity contribution is 5.87. The standard InChI is InChI=1S/C23H28N2O3/c1-22(2,3)28-21(27)23(4)19(18-13-9-6-10-14-18)15-20(26)25(24-23)16-17-11-7-5-8-12-17/h5-14,19,24H,15-16H2,1-4H3/t19-,23-/m1/s1. The molecule has 3 rings (SSSR count). The molecular formula is C23H28N2O3. The van der Waals surface area contributed by atoms with Gasteiger partial charge < -0.3 is 4.74 Å². The first-order valence-corrected chi connectivity index (χ1v) is 9.59. The number of ether oxygens (including phenoxy) is 1. The summed E-state index contributed by atoms with van der Waals surface area (Å²) in [6.45, 7) is 7.76. The van der Waals surface area contributed by atoms with Crippen LogP contribution < -0.4 is 5.43 Å². The highest BCUT2D eigenvalue weighted by Crippen LogP contribution is 2.37. The Morgan fingerprint density at radius 2 is 1.68 bits per heavy atom. The number of carbonyl (C=O) groups excluding carboxylic acids is 2. The average Bonchev–Trinajstić information content (AvgIpc) is 2.64. The van der Waals surface area contributed by atoms with Crippen molar-refractivity contribution in [2.75, 3.05) is 0 Å². The van der Waals surface area contributed by atoms with E-state index in [0.29, 0.717) is 6.54 Å². The summed E-state index contributed by atoms with van der Waals surface area (Å²) in [5.41, 5.74) is 3.47. The molecule has 1 N–H and O–H groups in total. The van der Waals surface area contributed by atoms with Crippen LogP contribution in [0.2, 0.25) is 0 Å². The summed E-state index contributed by atoms with van der Waals surface area (Å²) in [5, 5.41) is 1.54. The molecule has 0 bridgehead atoms. The molecule has 1 aliphatic rings. The van der Waals surface area contributed by atoms with E-state index in [9.17, 15) is 9.59 Å². The summed E-state index contributed by atoms with van der Waals surface area (Å²) < 4.78 is 5.73. The third kappa shape index (κ3) is 4.42. The third-order valence-electron chi connectivity index (χ3n) is 4.95. The van der Waals surface area contributed by atoms with Crippen LogP contribution in [0.3, 0.4) is 0 Å². The molecule has 2 atom stereocenters. The Morgan fingerprint density at radius 3 is 2.25 bits per heavy atom. The number of amides is 1. The minimum absolute atomic E-state index is 0.0428. The van der Waals surface area contributed by atoms with Crippen molar-refractivity contribution in [2.24, 2.45) is 0 Å². The Hall–Kier alpha value is -2.66. The van der Waals surface area contributed by atoms with Crippen molar-refractivity contribution in [1.82, 2.24) is 10.4 Å². The first-order chi connectivity index (χ1) is 13.2. The number of nitrogens with zero attached hydrogens (tertiary/aromatic N) is 1. The van der Waals surface area contributed by atoms with Crippen molar-refractivity contribution >= 4 is 11.9 Å². The van der Waals surface area contributed by atoms with Gasteiger partial charge in [-0.25, -0.2) is 10.2 Å². The fourth-order valence-electron chi connectivity index (χ4n) is 3.51. The second-order valence-corrected chi connectivity index (χ2v) is 8.45. The second kappa shape index (κ2) is 7.76. The van der Waals surface area contributed by atoms with Gasteiger partial charge in [0.25, 0.3) is 0 Å². The van der Waals surface area contributed by atoms with Gasteiger partial charge in [0.2, 0.25) is 5.91 Å². The topological polar surface area (TPSA) is 58.6 Å². The Balaban J connectivity index is 1.93. The molecule has 0 aromatic heterocycles. The molecule has 1 aliphatic heterocycles. The van der Waals surface area contributed by atoms with Gasteiger partial charge in [0, 0.05) is 12.3 Å². The normalized spacial score (nSPS) is 22.8. The van der Waals surface area contributed by atoms with Crippen LogP contribution in [0.4, 0.5) is 0 Å². The number of nitrogens with one attached hydrogen (secondary N) is 1. The van der Waals surface area contributed by atoms with Gasteiger partial charge in [-0.2, -0.15) is 0 Å². The quantitative estimate of drug-likeness (QED) is 0.820. The predicted molar refractivity (Wildman–Crippen MR) is 108 cm³/mol. The maximum atomic E-state index is 13.2. The number of benzene rings is 2. The van der Waals surface area contributed by atoms with Crippen molar-refractivity contribution < 1.29 is 14.3 Å². The number of hydrogen-bond acceptors (Lipinski definition) is 4. The Bertz CT molecular complexity index is 830. The molecule has 0 spiro atoms. The van der Waals surface area contributed by atoms with E-state index in [1.54, 1.807) is 5.01 Å². The van der Waals surface area contributed by atoms with Gasteiger partial charge in [-0.05, 0) is 38.8 Å². The van der Waals surface area contributed by atoms with Gasteiger partial charge in [0.1, 0.15) is 11.1 Å². The molecule has 0 radical (unpaired) electrons. The molecule has 1 amide bonds. The summed E-state index contributed by atoms with van der Waals surface area (Å²) in [4.78, 5) is 26.1. The Labute approximate surface area is 166 Å². The van der Waals surface area contributed by atoms with Crippen molar-refractivity contribution in [3.63, 3.8) is 0 Å². The highest BCUT2D eigenvalue weighted by atomic mass is 16.6. The van der Waals surface area contributed by atoms with Crippen LogP contribution in [0.1, 0.15) is 51.2 Å². The van der Waals surface area contributed by atoms with E-state index in [4.69, 9.17) is 4.74 Å². The molecular weight excluding hydrogens is 352 g/mol. The third-order valence-corrected chi connectivity index (χ3v) is 4.95. The SMILES string of the molecule is CC(C)(C)OC(=O)[C@]1(C)NN(Cc2ccccc2)C(=O)C[C@@H]1c1ccccc1. The molecule has 0 aliphatic carbocycles. The molecule has 5 nitrogen and oxygen atoms in total. The molecule has 5 heteroatoms. The van der Waals surface area contributed by atoms with E-state index >= 15 is 0 Å². The van der Waals surface area contributed by atoms with Crippen molar-refractivity contribution in [3.05, 3.63) is 71.8 Å². The highest BCUT2D eigenvalue weighted by Gasteiger charge is 2.50. The smallest absolute Gasteiger partial charge is 0.329 e. The van der Waals surface area contributed by atoms with Crippen LogP contribution >= 0.6 is 0 Å². The minimum atomic E-state index is -1.06. The van der Waals surface area contributed by atoms with E-state index < -0.39 is 11.1 Å². The summed E-state index contributed by atoms with van der Waals surface area (Å²) in [5.74, 6) is -0.721. The molecule has 1 fully saturated rings. The minimum Gasteiger partial charge on any atom is -0.459 e. The number of rotatable bonds is 4. The van der Waals surface area contributed by atoms with Gasteiger partial charge in [-0.1, -0.05) is 60.7 Å². The number of esters is 1. The van der Waals surface area contributed by atoms with E-state index in [0.717, 1.165) is 11.1 Å². The van der Waals surface area contributed by atoms with Crippen molar-refractivity contribution in [3.8, 4) is 0 Å². The summed E-state index contributed by atoms with van der Waals surface area (Å²) in [6, 6.07) is 19.4. The van der Waals surface area contributed by atoms with Gasteiger partial charge in [0.15, 0.2) is 0 Å². The number of hydrogen-bond donors (Lipinski definition) is 1. The van der Waals surface area contributed by atoms with Gasteiger partial charge in [0.05, 0.1) is 6.54 Å². The zero-order chi connectivity index (χ0) is 20.4. The van der Waals surface area contributed by atoms with Crippen LogP contribution in [-0.4, -0.2) is 28.0 Å². The lowest BCUT2D eigenvalue weighted by atomic mass is 9.77. The van der Waals surface area contributed by atoms with Crippen LogP contribution in [0, 0.1) is 0 Å². The average molecular weight is 380 g/mol. The molecule has 148 valence electrons. The van der Waals surface area contributed by atoms with E-state index in [-0.39, 0.29) is 24.2 Å². The molecule has 2 aromatic carbocycles. The van der Waals surface area contributed by atoms with E-state index in [1.807, 2.05) is 88.4 Å². The maximum Gasteiger partial charge on any atom is 0.329 e. The summed E-state index contributed by atoms with van der Waals surface area (Å²) in [6.07, 6.45) is 0.236. The molecule has 0 unspecified atom stereocenters. The first kappa shape index (κ1) is 20.1. The zero-order valence-electron chi connectivity index (χ0n) is 16.9. The lowest BCUT2D eigenvalue weighted by molar-refractivity contribution is -0.172. The van der Waals surface area contributed by atoms with Crippen LogP contribution in [0.5, 0.6) is 0 Å². The van der Waals surface area contributed by atoms with Gasteiger partial charge in [-0.3, -0.25) is 9.80 Å². The Morgan fingerprint density at radius 1 is 1.11 bits per heavy atom. The van der Waals surface area contributed by atoms with Gasteiger partial charge in [-0.15, -0.1) is 0 Å².